The molecule has 0 unspecified atom stereocenters. The van der Waals surface area contributed by atoms with Crippen LogP contribution in [0.5, 0.6) is 0 Å². The first kappa shape index (κ1) is 20.6. The van der Waals surface area contributed by atoms with E-state index in [2.05, 4.69) is 64.4 Å². The van der Waals surface area contributed by atoms with Crippen LogP contribution < -0.4 is 0 Å². The van der Waals surface area contributed by atoms with Gasteiger partial charge in [-0.05, 0) is 55.8 Å². The number of piperidine rings is 1. The molecule has 1 amide bonds. The minimum atomic E-state index is 0.273. The van der Waals surface area contributed by atoms with Gasteiger partial charge in [0, 0.05) is 26.1 Å². The van der Waals surface area contributed by atoms with Gasteiger partial charge < -0.3 is 9.80 Å². The van der Waals surface area contributed by atoms with E-state index in [1.54, 1.807) is 0 Å². The fourth-order valence-corrected chi connectivity index (χ4v) is 4.12. The highest BCUT2D eigenvalue weighted by Crippen LogP contribution is 2.21. The highest BCUT2D eigenvalue weighted by atomic mass is 16.2. The van der Waals surface area contributed by atoms with Crippen molar-refractivity contribution in [3.63, 3.8) is 0 Å². The van der Waals surface area contributed by atoms with E-state index in [9.17, 15) is 4.79 Å². The lowest BCUT2D eigenvalue weighted by atomic mass is 9.90. The molecule has 3 rings (SSSR count). The molecule has 1 heterocycles. The minimum absolute atomic E-state index is 0.273. The van der Waals surface area contributed by atoms with E-state index >= 15 is 0 Å². The molecule has 0 saturated carbocycles. The predicted octanol–water partition coefficient (Wildman–Crippen LogP) is 4.42. The first-order valence-corrected chi connectivity index (χ1v) is 10.8. The molecule has 150 valence electrons. The summed E-state index contributed by atoms with van der Waals surface area (Å²) in [5.41, 5.74) is 2.76. The van der Waals surface area contributed by atoms with E-state index in [0.29, 0.717) is 6.42 Å². The maximum absolute atomic E-state index is 12.4. The molecule has 2 aromatic rings. The van der Waals surface area contributed by atoms with Gasteiger partial charge in [0.25, 0.3) is 0 Å². The Labute approximate surface area is 170 Å². The number of hydrogen-bond donors (Lipinski definition) is 0. The van der Waals surface area contributed by atoms with Crippen molar-refractivity contribution in [3.05, 3.63) is 71.8 Å². The number of carbonyl (C=O) groups is 1. The molecule has 1 aliphatic rings. The Bertz CT molecular complexity index is 693. The van der Waals surface area contributed by atoms with Crippen LogP contribution in [0.1, 0.15) is 37.3 Å². The van der Waals surface area contributed by atoms with Gasteiger partial charge in [-0.15, -0.1) is 0 Å². The van der Waals surface area contributed by atoms with E-state index < -0.39 is 0 Å². The Hall–Kier alpha value is -2.13. The van der Waals surface area contributed by atoms with Crippen LogP contribution in [0.25, 0.3) is 0 Å². The summed E-state index contributed by atoms with van der Waals surface area (Å²) in [6, 6.07) is 21.3. The largest absolute Gasteiger partial charge is 0.341 e. The Kier molecular flexibility index (Phi) is 8.10. The molecule has 0 atom stereocenters. The first-order chi connectivity index (χ1) is 13.7. The zero-order valence-corrected chi connectivity index (χ0v) is 17.2. The molecule has 0 spiro atoms. The van der Waals surface area contributed by atoms with Gasteiger partial charge >= 0.3 is 0 Å². The molecule has 1 fully saturated rings. The molecule has 1 saturated heterocycles. The van der Waals surface area contributed by atoms with Crippen LogP contribution in [-0.2, 0) is 17.6 Å². The Balaban J connectivity index is 1.41. The number of hydrogen-bond acceptors (Lipinski definition) is 2. The predicted molar refractivity (Wildman–Crippen MR) is 116 cm³/mol. The van der Waals surface area contributed by atoms with E-state index in [0.717, 1.165) is 45.1 Å². The van der Waals surface area contributed by atoms with Crippen LogP contribution in [0, 0.1) is 5.92 Å². The number of benzene rings is 2. The number of carbonyl (C=O) groups excluding carboxylic acids is 1. The van der Waals surface area contributed by atoms with Crippen LogP contribution in [0.4, 0.5) is 0 Å². The highest BCUT2D eigenvalue weighted by Gasteiger charge is 2.20. The molecule has 1 aliphatic heterocycles. The first-order valence-electron chi connectivity index (χ1n) is 10.8. The van der Waals surface area contributed by atoms with Crippen molar-refractivity contribution in [2.75, 3.05) is 32.7 Å². The summed E-state index contributed by atoms with van der Waals surface area (Å²) < 4.78 is 0. The lowest BCUT2D eigenvalue weighted by Gasteiger charge is -2.33. The lowest BCUT2D eigenvalue weighted by Crippen LogP contribution is -2.42. The number of rotatable bonds is 9. The van der Waals surface area contributed by atoms with Gasteiger partial charge in [-0.3, -0.25) is 4.79 Å². The van der Waals surface area contributed by atoms with Crippen LogP contribution in [0.3, 0.4) is 0 Å². The van der Waals surface area contributed by atoms with Gasteiger partial charge in [0.1, 0.15) is 0 Å². The number of likely N-dealkylation sites (tertiary alicyclic amines) is 1. The summed E-state index contributed by atoms with van der Waals surface area (Å²) in [5, 5.41) is 0. The van der Waals surface area contributed by atoms with E-state index in [1.807, 2.05) is 13.0 Å². The molecule has 0 bridgehead atoms. The lowest BCUT2D eigenvalue weighted by molar-refractivity contribution is -0.131. The van der Waals surface area contributed by atoms with Crippen molar-refractivity contribution in [2.24, 2.45) is 5.92 Å². The molecule has 28 heavy (non-hydrogen) atoms. The van der Waals surface area contributed by atoms with Gasteiger partial charge in [0.15, 0.2) is 0 Å². The van der Waals surface area contributed by atoms with Gasteiger partial charge in [0.2, 0.25) is 5.91 Å². The average molecular weight is 379 g/mol. The standard InChI is InChI=1S/C25H34N2O/c1-2-25(28)27(18-15-22-9-5-3-6-10-22)20-19-26-16-13-24(14-17-26)21-23-11-7-4-8-12-23/h3-12,24H,2,13-21H2,1H3. The normalized spacial score (nSPS) is 15.5. The summed E-state index contributed by atoms with van der Waals surface area (Å²) in [5.74, 6) is 1.07. The SMILES string of the molecule is CCC(=O)N(CCc1ccccc1)CCN1CCC(Cc2ccccc2)CC1. The summed E-state index contributed by atoms with van der Waals surface area (Å²) in [7, 11) is 0. The van der Waals surface area contributed by atoms with Crippen LogP contribution in [0.15, 0.2) is 60.7 Å². The summed E-state index contributed by atoms with van der Waals surface area (Å²) in [6.07, 6.45) is 5.26. The Morgan fingerprint density at radius 3 is 2.14 bits per heavy atom. The molecule has 0 N–H and O–H groups in total. The van der Waals surface area contributed by atoms with Crippen LogP contribution >= 0.6 is 0 Å². The monoisotopic (exact) mass is 378 g/mol. The fourth-order valence-electron chi connectivity index (χ4n) is 4.12. The van der Waals surface area contributed by atoms with Gasteiger partial charge in [-0.25, -0.2) is 0 Å². The molecular formula is C25H34N2O. The number of amides is 1. The zero-order valence-electron chi connectivity index (χ0n) is 17.2. The van der Waals surface area contributed by atoms with Crippen molar-refractivity contribution >= 4 is 5.91 Å². The third kappa shape index (κ3) is 6.49. The second-order valence-electron chi connectivity index (χ2n) is 7.94. The summed E-state index contributed by atoms with van der Waals surface area (Å²) >= 11 is 0. The molecular weight excluding hydrogens is 344 g/mol. The quantitative estimate of drug-likeness (QED) is 0.645. The van der Waals surface area contributed by atoms with Crippen molar-refractivity contribution in [3.8, 4) is 0 Å². The van der Waals surface area contributed by atoms with Crippen molar-refractivity contribution < 1.29 is 4.79 Å². The van der Waals surface area contributed by atoms with Gasteiger partial charge in [-0.1, -0.05) is 67.6 Å². The summed E-state index contributed by atoms with van der Waals surface area (Å²) in [4.78, 5) is 17.0. The molecule has 3 heteroatoms. The summed E-state index contributed by atoms with van der Waals surface area (Å²) in [6.45, 7) is 6.95. The van der Waals surface area contributed by atoms with Crippen molar-refractivity contribution in [1.29, 1.82) is 0 Å². The maximum Gasteiger partial charge on any atom is 0.222 e. The van der Waals surface area contributed by atoms with Gasteiger partial charge in [-0.2, -0.15) is 0 Å². The fraction of sp³-hybridized carbons (Fsp3) is 0.480. The second kappa shape index (κ2) is 11.0. The van der Waals surface area contributed by atoms with E-state index in [1.165, 1.54) is 30.4 Å². The third-order valence-electron chi connectivity index (χ3n) is 5.93. The highest BCUT2D eigenvalue weighted by molar-refractivity contribution is 5.75. The van der Waals surface area contributed by atoms with Crippen LogP contribution in [-0.4, -0.2) is 48.4 Å². The minimum Gasteiger partial charge on any atom is -0.341 e. The Morgan fingerprint density at radius 2 is 1.54 bits per heavy atom. The van der Waals surface area contributed by atoms with E-state index in [4.69, 9.17) is 0 Å². The molecule has 0 radical (unpaired) electrons. The zero-order chi connectivity index (χ0) is 19.6. The second-order valence-corrected chi connectivity index (χ2v) is 7.94. The number of nitrogens with zero attached hydrogens (tertiary/aromatic N) is 2. The molecule has 2 aromatic carbocycles. The van der Waals surface area contributed by atoms with Gasteiger partial charge in [0.05, 0.1) is 0 Å². The molecule has 0 aliphatic carbocycles. The molecule has 0 aromatic heterocycles. The molecule has 3 nitrogen and oxygen atoms in total. The third-order valence-corrected chi connectivity index (χ3v) is 5.93. The maximum atomic E-state index is 12.4. The topological polar surface area (TPSA) is 23.6 Å². The average Bonchev–Trinajstić information content (AvgIpc) is 2.76. The van der Waals surface area contributed by atoms with Crippen molar-refractivity contribution in [1.82, 2.24) is 9.80 Å². The van der Waals surface area contributed by atoms with Crippen LogP contribution in [0.2, 0.25) is 0 Å². The van der Waals surface area contributed by atoms with E-state index in [-0.39, 0.29) is 5.91 Å². The Morgan fingerprint density at radius 1 is 0.929 bits per heavy atom. The smallest absolute Gasteiger partial charge is 0.222 e. The van der Waals surface area contributed by atoms with Crippen molar-refractivity contribution in [2.45, 2.75) is 39.0 Å².